The third-order valence-electron chi connectivity index (χ3n) is 3.11. The molecule has 0 aliphatic rings. The molecule has 0 amide bonds. The van der Waals surface area contributed by atoms with Crippen LogP contribution in [0.2, 0.25) is 0 Å². The van der Waals surface area contributed by atoms with E-state index >= 15 is 0 Å². The van der Waals surface area contributed by atoms with Gasteiger partial charge in [-0.25, -0.2) is 0 Å². The number of methoxy groups -OCH3 is 1. The van der Waals surface area contributed by atoms with E-state index in [0.29, 0.717) is 31.4 Å². The van der Waals surface area contributed by atoms with Crippen molar-refractivity contribution in [1.29, 1.82) is 0 Å². The van der Waals surface area contributed by atoms with Gasteiger partial charge in [0.15, 0.2) is 5.78 Å². The lowest BCUT2D eigenvalue weighted by molar-refractivity contribution is 0.104. The summed E-state index contributed by atoms with van der Waals surface area (Å²) in [4.78, 5) is 23.8. The van der Waals surface area contributed by atoms with Crippen molar-refractivity contribution in [2.75, 3.05) is 7.11 Å². The highest BCUT2D eigenvalue weighted by Gasteiger charge is 2.14. The fourth-order valence-corrected chi connectivity index (χ4v) is 3.11. The normalized spacial score (nSPS) is 10.8. The Bertz CT molecular complexity index is 783. The van der Waals surface area contributed by atoms with Gasteiger partial charge in [-0.1, -0.05) is 12.1 Å². The molecule has 2 aromatic carbocycles. The van der Waals surface area contributed by atoms with Crippen LogP contribution in [0.5, 0.6) is 5.75 Å². The highest BCUT2D eigenvalue weighted by Crippen LogP contribution is 2.31. The van der Waals surface area contributed by atoms with Gasteiger partial charge in [0, 0.05) is 14.5 Å². The minimum Gasteiger partial charge on any atom is -0.497 e. The van der Waals surface area contributed by atoms with Crippen LogP contribution in [0.4, 0.5) is 0 Å². The number of carbonyl (C=O) groups is 2. The van der Waals surface area contributed by atoms with Crippen LogP contribution in [0, 0.1) is 0 Å². The average Bonchev–Trinajstić information content (AvgIpc) is 2.55. The number of ether oxygens (including phenoxy) is 1. The van der Waals surface area contributed by atoms with Crippen molar-refractivity contribution < 1.29 is 14.3 Å². The molecule has 0 atom stereocenters. The Morgan fingerprint density at radius 3 is 2.30 bits per heavy atom. The number of rotatable bonds is 5. The molecule has 0 radical (unpaired) electrons. The lowest BCUT2D eigenvalue weighted by Crippen LogP contribution is -1.98. The van der Waals surface area contributed by atoms with Crippen molar-refractivity contribution in [1.82, 2.24) is 0 Å². The second kappa shape index (κ2) is 7.90. The Labute approximate surface area is 155 Å². The van der Waals surface area contributed by atoms with E-state index in [-0.39, 0.29) is 5.78 Å². The number of carbonyl (C=O) groups excluding carboxylic acids is 2. The molecular weight excluding hydrogens is 447 g/mol. The zero-order valence-corrected chi connectivity index (χ0v) is 15.9. The van der Waals surface area contributed by atoms with Gasteiger partial charge in [0.2, 0.25) is 0 Å². The summed E-state index contributed by atoms with van der Waals surface area (Å²) in [6, 6.07) is 10.3. The maximum absolute atomic E-state index is 12.2. The second-order valence-electron chi connectivity index (χ2n) is 4.53. The molecule has 0 aliphatic carbocycles. The van der Waals surface area contributed by atoms with Gasteiger partial charge in [0.25, 0.3) is 5.24 Å². The van der Waals surface area contributed by atoms with Crippen molar-refractivity contribution >= 4 is 60.6 Å². The molecule has 23 heavy (non-hydrogen) atoms. The molecule has 0 N–H and O–H groups in total. The van der Waals surface area contributed by atoms with Gasteiger partial charge >= 0.3 is 0 Å². The van der Waals surface area contributed by atoms with E-state index in [4.69, 9.17) is 16.3 Å². The van der Waals surface area contributed by atoms with E-state index in [9.17, 15) is 9.59 Å². The van der Waals surface area contributed by atoms with Crippen LogP contribution in [-0.2, 0) is 0 Å². The van der Waals surface area contributed by atoms with Crippen molar-refractivity contribution in [2.24, 2.45) is 0 Å². The van der Waals surface area contributed by atoms with Crippen LogP contribution in [-0.4, -0.2) is 18.1 Å². The van der Waals surface area contributed by atoms with Crippen LogP contribution < -0.4 is 4.74 Å². The fourth-order valence-electron chi connectivity index (χ4n) is 1.92. The van der Waals surface area contributed by atoms with Crippen LogP contribution in [0.3, 0.4) is 0 Å². The molecule has 6 heteroatoms. The molecule has 2 rings (SSSR count). The molecule has 0 spiro atoms. The average molecular weight is 459 g/mol. The van der Waals surface area contributed by atoms with Crippen LogP contribution >= 0.6 is 43.5 Å². The van der Waals surface area contributed by atoms with E-state index in [2.05, 4.69) is 31.9 Å². The number of hydrogen-bond donors (Lipinski definition) is 0. The van der Waals surface area contributed by atoms with Crippen LogP contribution in [0.25, 0.3) is 6.08 Å². The summed E-state index contributed by atoms with van der Waals surface area (Å²) >= 11 is 12.3. The fraction of sp³-hybridized carbons (Fsp3) is 0.0588. The van der Waals surface area contributed by atoms with E-state index in [1.807, 2.05) is 0 Å². The van der Waals surface area contributed by atoms with E-state index < -0.39 is 5.24 Å². The summed E-state index contributed by atoms with van der Waals surface area (Å²) < 4.78 is 6.31. The first kappa shape index (κ1) is 17.9. The van der Waals surface area contributed by atoms with E-state index in [0.717, 1.165) is 0 Å². The smallest absolute Gasteiger partial charge is 0.254 e. The SMILES string of the molecule is COc1ccc(C(=O)C=Cc2ccc(Br)c(Br)c2C(=O)Cl)cc1. The summed E-state index contributed by atoms with van der Waals surface area (Å²) in [5.74, 6) is 0.497. The molecule has 0 saturated heterocycles. The first-order valence-corrected chi connectivity index (χ1v) is 8.44. The van der Waals surface area contributed by atoms with Crippen molar-refractivity contribution in [3.63, 3.8) is 0 Å². The minimum absolute atomic E-state index is 0.181. The Balaban J connectivity index is 2.30. The number of ketones is 1. The molecule has 118 valence electrons. The molecule has 0 saturated carbocycles. The summed E-state index contributed by atoms with van der Waals surface area (Å²) in [7, 11) is 1.56. The van der Waals surface area contributed by atoms with Gasteiger partial charge < -0.3 is 4.74 Å². The van der Waals surface area contributed by atoms with E-state index in [1.165, 1.54) is 6.08 Å². The second-order valence-corrected chi connectivity index (χ2v) is 6.52. The molecule has 0 bridgehead atoms. The molecule has 2 aromatic rings. The third-order valence-corrected chi connectivity index (χ3v) is 5.32. The minimum atomic E-state index is -0.602. The number of allylic oxidation sites excluding steroid dienone is 1. The maximum Gasteiger partial charge on any atom is 0.254 e. The Hall–Kier alpha value is -1.43. The van der Waals surface area contributed by atoms with Crippen molar-refractivity contribution in [3.8, 4) is 5.75 Å². The first-order chi connectivity index (χ1) is 10.9. The molecule has 0 unspecified atom stereocenters. The van der Waals surface area contributed by atoms with Gasteiger partial charge in [-0.15, -0.1) is 0 Å². The van der Waals surface area contributed by atoms with Gasteiger partial charge in [-0.3, -0.25) is 9.59 Å². The lowest BCUT2D eigenvalue weighted by Gasteiger charge is -2.06. The Morgan fingerprint density at radius 1 is 1.09 bits per heavy atom. The quantitative estimate of drug-likeness (QED) is 0.338. The standard InChI is InChI=1S/C17H11Br2ClO3/c1-23-12-6-2-10(3-7-12)14(21)9-5-11-4-8-13(18)16(19)15(11)17(20)22/h2-9H,1H3. The number of halogens is 3. The van der Waals surface area contributed by atoms with Crippen LogP contribution in [0.1, 0.15) is 26.3 Å². The number of hydrogen-bond acceptors (Lipinski definition) is 3. The molecule has 3 nitrogen and oxygen atoms in total. The molecule has 0 fully saturated rings. The zero-order chi connectivity index (χ0) is 17.0. The Kier molecular flexibility index (Phi) is 6.16. The summed E-state index contributed by atoms with van der Waals surface area (Å²) in [6.07, 6.45) is 2.97. The summed E-state index contributed by atoms with van der Waals surface area (Å²) in [5.41, 5.74) is 1.39. The lowest BCUT2D eigenvalue weighted by atomic mass is 10.1. The summed E-state index contributed by atoms with van der Waals surface area (Å²) in [5, 5.41) is -0.602. The third kappa shape index (κ3) is 4.31. The largest absolute Gasteiger partial charge is 0.497 e. The number of benzene rings is 2. The predicted molar refractivity (Wildman–Crippen MR) is 98.4 cm³/mol. The molecule has 0 heterocycles. The monoisotopic (exact) mass is 456 g/mol. The van der Waals surface area contributed by atoms with Crippen molar-refractivity contribution in [3.05, 3.63) is 68.1 Å². The van der Waals surface area contributed by atoms with Gasteiger partial charge in [-0.05, 0) is 85.4 Å². The highest BCUT2D eigenvalue weighted by atomic mass is 79.9. The highest BCUT2D eigenvalue weighted by molar-refractivity contribution is 9.13. The van der Waals surface area contributed by atoms with Crippen molar-refractivity contribution in [2.45, 2.75) is 0 Å². The molecule has 0 aromatic heterocycles. The maximum atomic E-state index is 12.2. The predicted octanol–water partition coefficient (Wildman–Crippen LogP) is 5.50. The van der Waals surface area contributed by atoms with Gasteiger partial charge in [0.05, 0.1) is 12.7 Å². The van der Waals surface area contributed by atoms with Crippen LogP contribution in [0.15, 0.2) is 51.4 Å². The zero-order valence-electron chi connectivity index (χ0n) is 12.0. The molecular formula is C17H11Br2ClO3. The summed E-state index contributed by atoms with van der Waals surface area (Å²) in [6.45, 7) is 0. The van der Waals surface area contributed by atoms with Gasteiger partial charge in [0.1, 0.15) is 5.75 Å². The Morgan fingerprint density at radius 2 is 1.74 bits per heavy atom. The first-order valence-electron chi connectivity index (χ1n) is 6.48. The van der Waals surface area contributed by atoms with E-state index in [1.54, 1.807) is 49.6 Å². The van der Waals surface area contributed by atoms with Gasteiger partial charge in [-0.2, -0.15) is 0 Å². The molecule has 0 aliphatic heterocycles. The topological polar surface area (TPSA) is 43.4 Å².